The van der Waals surface area contributed by atoms with Crippen LogP contribution in [0.2, 0.25) is 5.02 Å². The number of nitrogen functional groups attached to an aromatic ring is 1. The molecule has 4 aromatic carbocycles. The van der Waals surface area contributed by atoms with E-state index in [1.807, 2.05) is 80.1 Å². The minimum absolute atomic E-state index is 0.163. The maximum Gasteiger partial charge on any atom is 0.337 e. The number of primary sulfonamides is 1. The number of imide groups is 1. The first-order chi connectivity index (χ1) is 27.0. The van der Waals surface area contributed by atoms with E-state index >= 15 is 0 Å². The fourth-order valence-electron chi connectivity index (χ4n) is 5.84. The number of aromatic carboxylic acids is 1. The highest BCUT2D eigenvalue weighted by Gasteiger charge is 2.31. The third kappa shape index (κ3) is 9.87. The highest BCUT2D eigenvalue weighted by atomic mass is 35.5. The van der Waals surface area contributed by atoms with Crippen LogP contribution in [0.5, 0.6) is 17.2 Å². The minimum Gasteiger partial charge on any atom is -0.486 e. The van der Waals surface area contributed by atoms with E-state index in [-0.39, 0.29) is 39.2 Å². The normalized spacial score (nSPS) is 13.9. The molecule has 0 spiro atoms. The Kier molecular flexibility index (Phi) is 12.1. The summed E-state index contributed by atoms with van der Waals surface area (Å²) in [6.45, 7) is 4.45. The van der Waals surface area contributed by atoms with E-state index in [1.54, 1.807) is 12.1 Å². The number of hydrogen-bond acceptors (Lipinski definition) is 12. The number of furan rings is 1. The number of carbonyl (C=O) groups is 3. The number of hydrogen-bond donors (Lipinski definition) is 5. The smallest absolute Gasteiger partial charge is 0.337 e. The van der Waals surface area contributed by atoms with Crippen molar-refractivity contribution in [2.24, 2.45) is 12.2 Å². The number of thioether (sulfide) groups is 1. The molecule has 0 bridgehead atoms. The van der Waals surface area contributed by atoms with Crippen LogP contribution in [0.25, 0.3) is 11.0 Å². The maximum atomic E-state index is 11.8. The number of aryl methyl sites for hydroxylation is 3. The molecule has 1 unspecified atom stereocenters. The molecule has 1 atom stereocenters. The SMILES string of the molecule is Cc1cc(Oc2ccc3nc(COc4ccc(CC5SC(=O)NC5=O)cc4)n(C)c3c2)cc(C)c1N.NS(=O)(=O)c1cc(C(=O)O)c(NCc2ccco2)cc1Cl. The van der Waals surface area contributed by atoms with Crippen molar-refractivity contribution < 1.29 is 41.8 Å². The highest BCUT2D eigenvalue weighted by Crippen LogP contribution is 2.31. The average Bonchev–Trinajstić information content (AvgIpc) is 3.87. The largest absolute Gasteiger partial charge is 0.486 e. The van der Waals surface area contributed by atoms with Gasteiger partial charge in [-0.1, -0.05) is 35.5 Å². The van der Waals surface area contributed by atoms with Gasteiger partial charge in [-0.2, -0.15) is 0 Å². The quantitative estimate of drug-likeness (QED) is 0.0789. The maximum absolute atomic E-state index is 11.8. The molecule has 0 saturated carbocycles. The van der Waals surface area contributed by atoms with E-state index in [9.17, 15) is 22.8 Å². The first-order valence-electron chi connectivity index (χ1n) is 17.1. The molecule has 7 N–H and O–H groups in total. The summed E-state index contributed by atoms with van der Waals surface area (Å²) in [5.41, 5.74) is 11.5. The predicted octanol–water partition coefficient (Wildman–Crippen LogP) is 6.93. The number of nitrogens with zero attached hydrogens (tertiary/aromatic N) is 2. The van der Waals surface area contributed by atoms with Crippen LogP contribution < -0.4 is 31.0 Å². The highest BCUT2D eigenvalue weighted by molar-refractivity contribution is 8.15. The van der Waals surface area contributed by atoms with E-state index in [2.05, 4.69) is 10.6 Å². The average molecular weight is 833 g/mol. The number of fused-ring (bicyclic) bond motifs is 1. The van der Waals surface area contributed by atoms with Crippen LogP contribution in [0.4, 0.5) is 16.2 Å². The van der Waals surface area contributed by atoms with Gasteiger partial charge in [-0.05, 0) is 97.6 Å². The molecule has 296 valence electrons. The third-order valence-electron chi connectivity index (χ3n) is 8.87. The zero-order chi connectivity index (χ0) is 41.0. The molecule has 2 aromatic heterocycles. The van der Waals surface area contributed by atoms with Crippen LogP contribution in [-0.4, -0.2) is 45.4 Å². The molecule has 3 heterocycles. The van der Waals surface area contributed by atoms with E-state index in [0.29, 0.717) is 30.3 Å². The second-order valence-corrected chi connectivity index (χ2v) is 16.1. The summed E-state index contributed by atoms with van der Waals surface area (Å²) in [5.74, 6) is 1.97. The minimum atomic E-state index is -4.11. The molecule has 7 rings (SSSR count). The van der Waals surface area contributed by atoms with Gasteiger partial charge >= 0.3 is 5.97 Å². The molecule has 1 saturated heterocycles. The van der Waals surface area contributed by atoms with Crippen LogP contribution in [0.1, 0.15) is 38.6 Å². The fourth-order valence-corrected chi connectivity index (χ4v) is 7.80. The lowest BCUT2D eigenvalue weighted by molar-refractivity contribution is -0.118. The number of aromatic nitrogens is 2. The summed E-state index contributed by atoms with van der Waals surface area (Å²) in [7, 11) is -2.16. The van der Waals surface area contributed by atoms with Gasteiger partial charge in [0, 0.05) is 18.8 Å². The van der Waals surface area contributed by atoms with Crippen molar-refractivity contribution in [1.82, 2.24) is 14.9 Å². The van der Waals surface area contributed by atoms with Crippen molar-refractivity contribution in [2.75, 3.05) is 11.1 Å². The predicted molar refractivity (Wildman–Crippen MR) is 216 cm³/mol. The second kappa shape index (κ2) is 17.0. The van der Waals surface area contributed by atoms with E-state index in [4.69, 9.17) is 46.5 Å². The lowest BCUT2D eigenvalue weighted by Gasteiger charge is -2.11. The fraction of sp³-hybridized carbons (Fsp3) is 0.179. The lowest BCUT2D eigenvalue weighted by Crippen LogP contribution is -2.25. The number of carboxylic acid groups (broad SMARTS) is 1. The summed E-state index contributed by atoms with van der Waals surface area (Å²) in [6.07, 6.45) is 1.97. The van der Waals surface area contributed by atoms with Gasteiger partial charge in [0.05, 0.1) is 45.4 Å². The number of rotatable bonds is 12. The van der Waals surface area contributed by atoms with Crippen molar-refractivity contribution in [3.63, 3.8) is 0 Å². The standard InChI is InChI=1S/C27H26N4O4S.C12H11ClN2O5S/c1-15-10-20(11-16(2)25(15)28)35-19-8-9-21-22(13-19)31(3)24(29-21)14-34-18-6-4-17(5-7-18)12-23-26(32)30-27(33)36-23;13-9-5-10(15-6-7-2-1-3-20-7)8(12(16)17)4-11(9)21(14,18)19/h4-11,13,23H,12,14,28H2,1-3H3,(H,30,32,33);1-5,15H,6H2,(H,16,17)(H2,14,18,19). The number of anilines is 2. The molecule has 0 aliphatic carbocycles. The number of sulfonamides is 1. The van der Waals surface area contributed by atoms with Gasteiger partial charge < -0.3 is 34.6 Å². The first-order valence-corrected chi connectivity index (χ1v) is 19.9. The van der Waals surface area contributed by atoms with Gasteiger partial charge in [0.1, 0.15) is 40.3 Å². The van der Waals surface area contributed by atoms with Gasteiger partial charge in [0.2, 0.25) is 15.9 Å². The van der Waals surface area contributed by atoms with Crippen LogP contribution in [-0.2, 0) is 41.4 Å². The Bertz CT molecular complexity index is 2570. The van der Waals surface area contributed by atoms with Gasteiger partial charge in [-0.25, -0.2) is 23.3 Å². The third-order valence-corrected chi connectivity index (χ3v) is 11.2. The number of benzene rings is 4. The second-order valence-electron chi connectivity index (χ2n) is 12.9. The van der Waals surface area contributed by atoms with E-state index in [1.165, 1.54) is 12.3 Å². The molecule has 15 nitrogen and oxygen atoms in total. The van der Waals surface area contributed by atoms with Gasteiger partial charge in [-0.15, -0.1) is 0 Å². The number of amides is 2. The monoisotopic (exact) mass is 832 g/mol. The van der Waals surface area contributed by atoms with Crippen LogP contribution >= 0.6 is 23.4 Å². The Morgan fingerprint density at radius 2 is 1.74 bits per heavy atom. The molecule has 18 heteroatoms. The van der Waals surface area contributed by atoms with Crippen LogP contribution in [0.3, 0.4) is 0 Å². The summed E-state index contributed by atoms with van der Waals surface area (Å²) >= 11 is 6.87. The van der Waals surface area contributed by atoms with E-state index in [0.717, 1.165) is 62.8 Å². The molecule has 1 aliphatic rings. The summed E-state index contributed by atoms with van der Waals surface area (Å²) in [6, 6.07) is 22.7. The number of nitrogens with one attached hydrogen (secondary N) is 2. The number of nitrogens with two attached hydrogens (primary N) is 2. The van der Waals surface area contributed by atoms with Crippen molar-refractivity contribution in [1.29, 1.82) is 0 Å². The number of carbonyl (C=O) groups excluding carboxylic acids is 2. The number of halogens is 1. The Labute approximate surface area is 336 Å². The zero-order valence-corrected chi connectivity index (χ0v) is 33.1. The van der Waals surface area contributed by atoms with E-state index < -0.39 is 20.9 Å². The zero-order valence-electron chi connectivity index (χ0n) is 30.7. The Morgan fingerprint density at radius 1 is 1.04 bits per heavy atom. The molecular weight excluding hydrogens is 796 g/mol. The number of imidazole rings is 1. The van der Waals surface area contributed by atoms with Crippen LogP contribution in [0.15, 0.2) is 94.4 Å². The number of ether oxygens (including phenoxy) is 2. The molecular formula is C39H37ClN6O9S2. The summed E-state index contributed by atoms with van der Waals surface area (Å²) in [5, 5.41) is 18.4. The Hall–Kier alpha value is -6.01. The summed E-state index contributed by atoms with van der Waals surface area (Å²) < 4.78 is 41.9. The Balaban J connectivity index is 0.000000223. The van der Waals surface area contributed by atoms with Crippen LogP contribution in [0, 0.1) is 13.8 Å². The molecule has 57 heavy (non-hydrogen) atoms. The first kappa shape index (κ1) is 40.6. The lowest BCUT2D eigenvalue weighted by atomic mass is 10.1. The van der Waals surface area contributed by atoms with Crippen molar-refractivity contribution >= 4 is 72.9 Å². The van der Waals surface area contributed by atoms with Crippen molar-refractivity contribution in [3.05, 3.63) is 124 Å². The van der Waals surface area contributed by atoms with Gasteiger partial charge in [-0.3, -0.25) is 14.9 Å². The van der Waals surface area contributed by atoms with Crippen molar-refractivity contribution in [2.45, 2.75) is 43.6 Å². The van der Waals surface area contributed by atoms with Crippen molar-refractivity contribution in [3.8, 4) is 17.2 Å². The topological polar surface area (TPSA) is 231 Å². The number of carboxylic acids is 1. The van der Waals surface area contributed by atoms with Gasteiger partial charge in [0.25, 0.3) is 5.24 Å². The molecule has 0 radical (unpaired) electrons. The molecule has 1 fully saturated rings. The molecule has 1 aliphatic heterocycles. The van der Waals surface area contributed by atoms with Gasteiger partial charge in [0.15, 0.2) is 0 Å². The molecule has 6 aromatic rings. The molecule has 2 amide bonds. The summed E-state index contributed by atoms with van der Waals surface area (Å²) in [4.78, 5) is 38.6. The Morgan fingerprint density at radius 3 is 2.35 bits per heavy atom.